The highest BCUT2D eigenvalue weighted by Crippen LogP contribution is 2.65. The van der Waals surface area contributed by atoms with Gasteiger partial charge in [0.15, 0.2) is 0 Å². The molecule has 2 rings (SSSR count). The quantitative estimate of drug-likeness (QED) is 0.394. The van der Waals surface area contributed by atoms with Crippen molar-refractivity contribution in [1.82, 2.24) is 0 Å². The Bertz CT molecular complexity index is 648. The van der Waals surface area contributed by atoms with Crippen LogP contribution in [-0.2, 0) is 13.6 Å². The molecule has 0 saturated heterocycles. The summed E-state index contributed by atoms with van der Waals surface area (Å²) in [6, 6.07) is 8.10. The van der Waals surface area contributed by atoms with E-state index < -0.39 is 25.2 Å². The Morgan fingerprint density at radius 1 is 1.12 bits per heavy atom. The van der Waals surface area contributed by atoms with E-state index in [0.717, 1.165) is 0 Å². The number of hydrogen-bond donors (Lipinski definition) is 0. The zero-order valence-corrected chi connectivity index (χ0v) is 14.7. The van der Waals surface area contributed by atoms with Gasteiger partial charge in [-0.2, -0.15) is 0 Å². The lowest BCUT2D eigenvalue weighted by atomic mass is 9.88. The Labute approximate surface area is 141 Å². The molecule has 3 atom stereocenters. The fraction of sp³-hybridized carbons (Fsp3) is 0.412. The van der Waals surface area contributed by atoms with Crippen molar-refractivity contribution in [2.45, 2.75) is 25.5 Å². The standard InChI is InChI=1S/C17H22NO5P/c1-3-22-24(21,23-4-2)17(14-10-6-5-7-11-14)15-12-8-9-13-16(15)18(19)20/h5-13,15-17H,3-4H2,1-2H3. The van der Waals surface area contributed by atoms with Crippen molar-refractivity contribution in [1.29, 1.82) is 0 Å². The summed E-state index contributed by atoms with van der Waals surface area (Å²) in [7, 11) is -3.59. The lowest BCUT2D eigenvalue weighted by Gasteiger charge is -2.32. The van der Waals surface area contributed by atoms with E-state index in [4.69, 9.17) is 9.05 Å². The van der Waals surface area contributed by atoms with Gasteiger partial charge in [-0.3, -0.25) is 14.7 Å². The van der Waals surface area contributed by atoms with Crippen LogP contribution in [0.4, 0.5) is 0 Å². The van der Waals surface area contributed by atoms with E-state index in [1.807, 2.05) is 18.2 Å². The minimum absolute atomic E-state index is 0.204. The molecule has 1 aliphatic carbocycles. The van der Waals surface area contributed by atoms with Crippen LogP contribution in [0.3, 0.4) is 0 Å². The first-order valence-corrected chi connectivity index (χ1v) is 9.57. The van der Waals surface area contributed by atoms with Crippen LogP contribution in [0.5, 0.6) is 0 Å². The van der Waals surface area contributed by atoms with E-state index in [0.29, 0.717) is 5.56 Å². The molecule has 1 aliphatic rings. The summed E-state index contributed by atoms with van der Waals surface area (Å²) in [5.74, 6) is -0.615. The molecule has 0 aromatic heterocycles. The average Bonchev–Trinajstić information content (AvgIpc) is 2.56. The summed E-state index contributed by atoms with van der Waals surface area (Å²) in [4.78, 5) is 11.1. The Hall–Kier alpha value is -1.75. The predicted octanol–water partition coefficient (Wildman–Crippen LogP) is 4.38. The summed E-state index contributed by atoms with van der Waals surface area (Å²) in [6.45, 7) is 3.87. The van der Waals surface area contributed by atoms with Crippen LogP contribution in [0.2, 0.25) is 0 Å². The number of rotatable bonds is 8. The van der Waals surface area contributed by atoms with Gasteiger partial charge in [-0.05, 0) is 25.5 Å². The second-order valence-electron chi connectivity index (χ2n) is 5.35. The van der Waals surface area contributed by atoms with Gasteiger partial charge in [-0.1, -0.05) is 48.6 Å². The van der Waals surface area contributed by atoms with Crippen molar-refractivity contribution in [2.75, 3.05) is 13.2 Å². The number of hydrogen-bond acceptors (Lipinski definition) is 5. The van der Waals surface area contributed by atoms with Crippen LogP contribution < -0.4 is 0 Å². The third-order valence-electron chi connectivity index (χ3n) is 3.85. The van der Waals surface area contributed by atoms with Gasteiger partial charge in [-0.15, -0.1) is 0 Å². The van der Waals surface area contributed by atoms with E-state index >= 15 is 0 Å². The molecule has 0 radical (unpaired) electrons. The minimum Gasteiger partial charge on any atom is -0.308 e. The van der Waals surface area contributed by atoms with Crippen molar-refractivity contribution in [2.24, 2.45) is 5.92 Å². The van der Waals surface area contributed by atoms with Gasteiger partial charge in [0, 0.05) is 4.92 Å². The predicted molar refractivity (Wildman–Crippen MR) is 92.6 cm³/mol. The lowest BCUT2D eigenvalue weighted by Crippen LogP contribution is -2.32. The van der Waals surface area contributed by atoms with E-state index in [2.05, 4.69) is 0 Å². The van der Waals surface area contributed by atoms with Crippen molar-refractivity contribution in [3.05, 3.63) is 70.3 Å². The number of allylic oxidation sites excluding steroid dienone is 2. The number of nitrogens with zero attached hydrogens (tertiary/aromatic N) is 1. The summed E-state index contributed by atoms with van der Waals surface area (Å²) in [6.07, 6.45) is 6.61. The highest BCUT2D eigenvalue weighted by molar-refractivity contribution is 7.54. The molecule has 130 valence electrons. The van der Waals surface area contributed by atoms with Gasteiger partial charge in [0.1, 0.15) is 0 Å². The Morgan fingerprint density at radius 3 is 2.25 bits per heavy atom. The first kappa shape index (κ1) is 18.6. The molecule has 0 bridgehead atoms. The zero-order valence-electron chi connectivity index (χ0n) is 13.8. The van der Waals surface area contributed by atoms with Gasteiger partial charge in [0.05, 0.1) is 24.8 Å². The van der Waals surface area contributed by atoms with Crippen LogP contribution in [0.1, 0.15) is 25.1 Å². The first-order valence-electron chi connectivity index (χ1n) is 7.95. The van der Waals surface area contributed by atoms with Crippen molar-refractivity contribution < 1.29 is 18.5 Å². The SMILES string of the molecule is CCOP(=O)(OCC)C(c1ccccc1)C1C=CC=CC1[N+](=O)[O-]. The second-order valence-corrected chi connectivity index (χ2v) is 7.51. The monoisotopic (exact) mass is 351 g/mol. The zero-order chi connectivity index (χ0) is 17.6. The van der Waals surface area contributed by atoms with Crippen molar-refractivity contribution in [3.63, 3.8) is 0 Å². The smallest absolute Gasteiger partial charge is 0.308 e. The second kappa shape index (κ2) is 8.38. The van der Waals surface area contributed by atoms with Gasteiger partial charge in [0.25, 0.3) is 0 Å². The molecule has 0 saturated carbocycles. The van der Waals surface area contributed by atoms with Crippen LogP contribution in [0.15, 0.2) is 54.6 Å². The third kappa shape index (κ3) is 4.01. The van der Waals surface area contributed by atoms with Crippen molar-refractivity contribution in [3.8, 4) is 0 Å². The molecule has 1 aromatic rings. The Morgan fingerprint density at radius 2 is 1.71 bits per heavy atom. The van der Waals surface area contributed by atoms with Crippen LogP contribution in [-0.4, -0.2) is 24.2 Å². The maximum Gasteiger partial charge on any atom is 0.338 e. The average molecular weight is 351 g/mol. The topological polar surface area (TPSA) is 78.7 Å². The molecule has 3 unspecified atom stereocenters. The molecular formula is C17H22NO5P. The summed E-state index contributed by atoms with van der Waals surface area (Å²) >= 11 is 0. The van der Waals surface area contributed by atoms with E-state index in [9.17, 15) is 14.7 Å². The molecule has 0 N–H and O–H groups in total. The first-order chi connectivity index (χ1) is 11.5. The van der Waals surface area contributed by atoms with E-state index in [1.54, 1.807) is 44.2 Å². The van der Waals surface area contributed by atoms with E-state index in [1.165, 1.54) is 6.08 Å². The molecule has 24 heavy (non-hydrogen) atoms. The Balaban J connectivity index is 2.54. The van der Waals surface area contributed by atoms with Gasteiger partial charge >= 0.3 is 7.60 Å². The molecule has 7 heteroatoms. The van der Waals surface area contributed by atoms with Gasteiger partial charge in [0.2, 0.25) is 6.04 Å². The normalized spacial score (nSPS) is 21.6. The largest absolute Gasteiger partial charge is 0.338 e. The highest BCUT2D eigenvalue weighted by atomic mass is 31.2. The Kier molecular flexibility index (Phi) is 6.49. The molecular weight excluding hydrogens is 329 g/mol. The lowest BCUT2D eigenvalue weighted by molar-refractivity contribution is -0.516. The fourth-order valence-electron chi connectivity index (χ4n) is 2.94. The van der Waals surface area contributed by atoms with Gasteiger partial charge < -0.3 is 9.05 Å². The summed E-state index contributed by atoms with van der Waals surface area (Å²) < 4.78 is 24.5. The molecule has 1 aromatic carbocycles. The van der Waals surface area contributed by atoms with Crippen LogP contribution in [0.25, 0.3) is 0 Å². The van der Waals surface area contributed by atoms with Crippen LogP contribution in [0, 0.1) is 16.0 Å². The number of nitro groups is 1. The molecule has 6 nitrogen and oxygen atoms in total. The molecule has 0 aliphatic heterocycles. The molecule has 0 spiro atoms. The van der Waals surface area contributed by atoms with Crippen molar-refractivity contribution >= 4 is 7.60 Å². The maximum absolute atomic E-state index is 13.5. The minimum atomic E-state index is -3.59. The van der Waals surface area contributed by atoms with Gasteiger partial charge in [-0.25, -0.2) is 0 Å². The molecule has 0 fully saturated rings. The molecule has 0 amide bonds. The van der Waals surface area contributed by atoms with Crippen LogP contribution >= 0.6 is 7.60 Å². The summed E-state index contributed by atoms with van der Waals surface area (Å²) in [5.41, 5.74) is -0.0327. The van der Waals surface area contributed by atoms with E-state index in [-0.39, 0.29) is 18.1 Å². The number of benzene rings is 1. The molecule has 0 heterocycles. The third-order valence-corrected chi connectivity index (χ3v) is 6.41. The fourth-order valence-corrected chi connectivity index (χ4v) is 5.29. The highest BCUT2D eigenvalue weighted by Gasteiger charge is 2.47. The maximum atomic E-state index is 13.5. The summed E-state index contributed by atoms with van der Waals surface area (Å²) in [5, 5.41) is 11.5.